The molecule has 0 aliphatic rings. The molecule has 1 aromatic heterocycles. The van der Waals surface area contributed by atoms with Crippen molar-refractivity contribution >= 4 is 11.6 Å². The highest BCUT2D eigenvalue weighted by molar-refractivity contribution is 5.49. The normalized spacial score (nSPS) is 11.5. The van der Waals surface area contributed by atoms with Crippen LogP contribution in [-0.2, 0) is 6.18 Å². The van der Waals surface area contributed by atoms with Crippen LogP contribution in [0.3, 0.4) is 0 Å². The molecule has 0 aliphatic carbocycles. The van der Waals surface area contributed by atoms with Crippen molar-refractivity contribution in [1.29, 1.82) is 0 Å². The van der Waals surface area contributed by atoms with Crippen molar-refractivity contribution in [2.24, 2.45) is 0 Å². The number of hydrogen-bond donors (Lipinski definition) is 2. The number of nitrogens with zero attached hydrogens (tertiary/aromatic N) is 3. The molecule has 5 nitrogen and oxygen atoms in total. The topological polar surface area (TPSA) is 61.3 Å². The van der Waals surface area contributed by atoms with Crippen LogP contribution in [0.25, 0.3) is 0 Å². The van der Waals surface area contributed by atoms with E-state index in [1.165, 1.54) is 6.07 Å². The van der Waals surface area contributed by atoms with Gasteiger partial charge in [-0.1, -0.05) is 6.92 Å². The summed E-state index contributed by atoms with van der Waals surface area (Å²) in [4.78, 5) is 8.59. The van der Waals surface area contributed by atoms with Crippen LogP contribution in [0.4, 0.5) is 24.8 Å². The third kappa shape index (κ3) is 4.52. The standard InChI is InChI=1S/C12H19F3N4O/c1-3-5-16-9-8-10(19(4-2)6-7-20)18-11(17-9)12(13,14)15/h8,20H,3-7H2,1-2H3,(H,16,17,18). The summed E-state index contributed by atoms with van der Waals surface area (Å²) < 4.78 is 38.4. The average molecular weight is 292 g/mol. The summed E-state index contributed by atoms with van der Waals surface area (Å²) >= 11 is 0. The molecule has 0 aromatic carbocycles. The van der Waals surface area contributed by atoms with Crippen molar-refractivity contribution < 1.29 is 18.3 Å². The molecule has 1 heterocycles. The van der Waals surface area contributed by atoms with Gasteiger partial charge in [-0.25, -0.2) is 9.97 Å². The van der Waals surface area contributed by atoms with Crippen LogP contribution in [0.1, 0.15) is 26.1 Å². The van der Waals surface area contributed by atoms with Gasteiger partial charge in [0.25, 0.3) is 0 Å². The van der Waals surface area contributed by atoms with Crippen LogP contribution in [0, 0.1) is 0 Å². The molecule has 0 radical (unpaired) electrons. The van der Waals surface area contributed by atoms with Gasteiger partial charge in [0.2, 0.25) is 5.82 Å². The summed E-state index contributed by atoms with van der Waals surface area (Å²) in [5, 5.41) is 11.8. The highest BCUT2D eigenvalue weighted by Gasteiger charge is 2.35. The maximum Gasteiger partial charge on any atom is 0.451 e. The van der Waals surface area contributed by atoms with E-state index in [-0.39, 0.29) is 24.8 Å². The van der Waals surface area contributed by atoms with Gasteiger partial charge in [-0.2, -0.15) is 13.2 Å². The van der Waals surface area contributed by atoms with Crippen LogP contribution in [-0.4, -0.2) is 41.3 Å². The first-order valence-electron chi connectivity index (χ1n) is 6.48. The fourth-order valence-electron chi connectivity index (χ4n) is 1.62. The van der Waals surface area contributed by atoms with Crippen LogP contribution in [0.5, 0.6) is 0 Å². The minimum Gasteiger partial charge on any atom is -0.395 e. The fraction of sp³-hybridized carbons (Fsp3) is 0.667. The molecule has 0 bridgehead atoms. The Kier molecular flexibility index (Phi) is 6.00. The lowest BCUT2D eigenvalue weighted by atomic mass is 10.4. The molecule has 8 heteroatoms. The van der Waals surface area contributed by atoms with Gasteiger partial charge in [0, 0.05) is 25.7 Å². The zero-order valence-corrected chi connectivity index (χ0v) is 11.5. The maximum atomic E-state index is 12.8. The number of rotatable bonds is 7. The van der Waals surface area contributed by atoms with E-state index < -0.39 is 12.0 Å². The number of likely N-dealkylation sites (N-methyl/N-ethyl adjacent to an activating group) is 1. The molecule has 0 spiro atoms. The molecule has 0 unspecified atom stereocenters. The Morgan fingerprint density at radius 2 is 2.00 bits per heavy atom. The molecular formula is C12H19F3N4O. The highest BCUT2D eigenvalue weighted by atomic mass is 19.4. The zero-order chi connectivity index (χ0) is 15.2. The van der Waals surface area contributed by atoms with Gasteiger partial charge in [0.05, 0.1) is 6.61 Å². The summed E-state index contributed by atoms with van der Waals surface area (Å²) in [5.41, 5.74) is 0. The molecule has 0 saturated heterocycles. The Balaban J connectivity index is 3.14. The number of aliphatic hydroxyl groups is 1. The van der Waals surface area contributed by atoms with E-state index in [0.29, 0.717) is 13.1 Å². The van der Waals surface area contributed by atoms with Crippen LogP contribution >= 0.6 is 0 Å². The first kappa shape index (κ1) is 16.5. The molecule has 2 N–H and O–H groups in total. The van der Waals surface area contributed by atoms with Crippen molar-refractivity contribution in [3.05, 3.63) is 11.9 Å². The molecule has 1 rings (SSSR count). The van der Waals surface area contributed by atoms with Crippen LogP contribution in [0.15, 0.2) is 6.07 Å². The van der Waals surface area contributed by atoms with Crippen molar-refractivity contribution in [2.45, 2.75) is 26.4 Å². The van der Waals surface area contributed by atoms with E-state index in [4.69, 9.17) is 5.11 Å². The summed E-state index contributed by atoms with van der Waals surface area (Å²) in [6.45, 7) is 4.73. The van der Waals surface area contributed by atoms with Crippen molar-refractivity contribution in [2.75, 3.05) is 36.5 Å². The number of hydrogen-bond acceptors (Lipinski definition) is 5. The third-order valence-corrected chi connectivity index (χ3v) is 2.60. The van der Waals surface area contributed by atoms with Crippen molar-refractivity contribution in [1.82, 2.24) is 9.97 Å². The van der Waals surface area contributed by atoms with E-state index in [9.17, 15) is 13.2 Å². The van der Waals surface area contributed by atoms with Crippen LogP contribution in [0.2, 0.25) is 0 Å². The van der Waals surface area contributed by atoms with E-state index in [2.05, 4.69) is 15.3 Å². The minimum atomic E-state index is -4.60. The lowest BCUT2D eigenvalue weighted by Gasteiger charge is -2.22. The van der Waals surface area contributed by atoms with Gasteiger partial charge < -0.3 is 15.3 Å². The van der Waals surface area contributed by atoms with Gasteiger partial charge in [0.15, 0.2) is 0 Å². The Morgan fingerprint density at radius 1 is 1.30 bits per heavy atom. The predicted octanol–water partition coefficient (Wildman–Crippen LogP) is 2.14. The molecule has 114 valence electrons. The van der Waals surface area contributed by atoms with Crippen LogP contribution < -0.4 is 10.2 Å². The Bertz CT molecular complexity index is 426. The summed E-state index contributed by atoms with van der Waals surface area (Å²) in [5.74, 6) is -0.881. The third-order valence-electron chi connectivity index (χ3n) is 2.60. The maximum absolute atomic E-state index is 12.8. The van der Waals surface area contributed by atoms with Gasteiger partial charge in [-0.15, -0.1) is 0 Å². The lowest BCUT2D eigenvalue weighted by molar-refractivity contribution is -0.144. The molecule has 0 aliphatic heterocycles. The Hall–Kier alpha value is -1.57. The summed E-state index contributed by atoms with van der Waals surface area (Å²) in [6, 6.07) is 1.46. The monoisotopic (exact) mass is 292 g/mol. The highest BCUT2D eigenvalue weighted by Crippen LogP contribution is 2.29. The number of aliphatic hydroxyl groups excluding tert-OH is 1. The number of anilines is 2. The quantitative estimate of drug-likeness (QED) is 0.806. The van der Waals surface area contributed by atoms with Gasteiger partial charge in [-0.3, -0.25) is 0 Å². The molecular weight excluding hydrogens is 273 g/mol. The first-order chi connectivity index (χ1) is 9.42. The van der Waals surface area contributed by atoms with Crippen molar-refractivity contribution in [3.63, 3.8) is 0 Å². The van der Waals surface area contributed by atoms with Gasteiger partial charge in [0.1, 0.15) is 11.6 Å². The van der Waals surface area contributed by atoms with E-state index >= 15 is 0 Å². The number of halogens is 3. The van der Waals surface area contributed by atoms with E-state index in [1.807, 2.05) is 6.92 Å². The molecule has 0 saturated carbocycles. The zero-order valence-electron chi connectivity index (χ0n) is 11.5. The van der Waals surface area contributed by atoms with E-state index in [0.717, 1.165) is 6.42 Å². The molecule has 0 atom stereocenters. The second-order valence-electron chi connectivity index (χ2n) is 4.16. The molecule has 0 amide bonds. The molecule has 1 aromatic rings. The lowest BCUT2D eigenvalue weighted by Crippen LogP contribution is -2.28. The smallest absolute Gasteiger partial charge is 0.395 e. The number of aromatic nitrogens is 2. The SMILES string of the molecule is CCCNc1cc(N(CC)CCO)nc(C(F)(F)F)n1. The van der Waals surface area contributed by atoms with Crippen molar-refractivity contribution in [3.8, 4) is 0 Å². The average Bonchev–Trinajstić information content (AvgIpc) is 2.41. The molecule has 20 heavy (non-hydrogen) atoms. The largest absolute Gasteiger partial charge is 0.451 e. The molecule has 0 fully saturated rings. The second-order valence-corrected chi connectivity index (χ2v) is 4.16. The minimum absolute atomic E-state index is 0.139. The Labute approximate surface area is 115 Å². The first-order valence-corrected chi connectivity index (χ1v) is 6.48. The van der Waals surface area contributed by atoms with E-state index in [1.54, 1.807) is 11.8 Å². The number of alkyl halides is 3. The summed E-state index contributed by atoms with van der Waals surface area (Å²) in [6.07, 6.45) is -3.83. The van der Waals surface area contributed by atoms with Gasteiger partial charge in [-0.05, 0) is 13.3 Å². The Morgan fingerprint density at radius 3 is 2.50 bits per heavy atom. The summed E-state index contributed by atoms with van der Waals surface area (Å²) in [7, 11) is 0. The number of nitrogens with one attached hydrogen (secondary N) is 1. The second kappa shape index (κ2) is 7.28. The fourth-order valence-corrected chi connectivity index (χ4v) is 1.62. The predicted molar refractivity (Wildman–Crippen MR) is 70.8 cm³/mol. The van der Waals surface area contributed by atoms with Gasteiger partial charge >= 0.3 is 6.18 Å².